The van der Waals surface area contributed by atoms with Gasteiger partial charge in [0.25, 0.3) is 0 Å². The number of aromatic nitrogens is 5. The molecule has 120 valence electrons. The van der Waals surface area contributed by atoms with Gasteiger partial charge in [0.05, 0.1) is 6.04 Å². The average molecular weight is 311 g/mol. The van der Waals surface area contributed by atoms with Crippen LogP contribution in [-0.4, -0.2) is 50.8 Å². The highest BCUT2D eigenvalue weighted by Crippen LogP contribution is 2.19. The van der Waals surface area contributed by atoms with Crippen molar-refractivity contribution in [3.63, 3.8) is 0 Å². The molecule has 7 nitrogen and oxygen atoms in total. The molecule has 0 spiro atoms. The number of nitrogens with zero attached hydrogens (tertiary/aromatic N) is 6. The molecule has 0 fully saturated rings. The average Bonchev–Trinajstić information content (AvgIpc) is 3.03. The number of anilines is 1. The molecule has 0 aliphatic carbocycles. The Balaban J connectivity index is 1.73. The summed E-state index contributed by atoms with van der Waals surface area (Å²) < 4.78 is 1.42. The van der Waals surface area contributed by atoms with Gasteiger partial charge in [-0.3, -0.25) is 0 Å². The summed E-state index contributed by atoms with van der Waals surface area (Å²) in [5.41, 5.74) is 3.27. The van der Waals surface area contributed by atoms with E-state index >= 15 is 0 Å². The number of aryl methyl sites for hydroxylation is 1. The van der Waals surface area contributed by atoms with Gasteiger partial charge in [-0.2, -0.15) is 0 Å². The zero-order valence-electron chi connectivity index (χ0n) is 13.6. The maximum atomic E-state index is 4.34. The van der Waals surface area contributed by atoms with E-state index in [9.17, 15) is 0 Å². The molecule has 7 heteroatoms. The van der Waals surface area contributed by atoms with Gasteiger partial charge in [-0.05, 0) is 54.2 Å². The molecule has 3 rings (SSSR count). The van der Waals surface area contributed by atoms with Crippen molar-refractivity contribution in [1.29, 1.82) is 0 Å². The fraction of sp³-hybridized carbons (Fsp3) is 0.375. The first-order chi connectivity index (χ1) is 11.2. The van der Waals surface area contributed by atoms with E-state index in [0.29, 0.717) is 5.65 Å². The topological polar surface area (TPSA) is 71.2 Å². The molecule has 23 heavy (non-hydrogen) atoms. The highest BCUT2D eigenvalue weighted by Gasteiger charge is 2.14. The molecular weight excluding hydrogens is 290 g/mol. The van der Waals surface area contributed by atoms with E-state index in [2.05, 4.69) is 76.1 Å². The number of hydrogen-bond donors (Lipinski definition) is 1. The third kappa shape index (κ3) is 3.45. The van der Waals surface area contributed by atoms with E-state index in [-0.39, 0.29) is 6.04 Å². The van der Waals surface area contributed by atoms with Crippen LogP contribution in [0, 0.1) is 0 Å². The van der Waals surface area contributed by atoms with Crippen molar-refractivity contribution in [2.45, 2.75) is 19.4 Å². The Morgan fingerprint density at radius 1 is 1.13 bits per heavy atom. The van der Waals surface area contributed by atoms with Crippen LogP contribution < -0.4 is 5.32 Å². The van der Waals surface area contributed by atoms with Crippen LogP contribution in [0.5, 0.6) is 0 Å². The molecule has 1 atom stereocenters. The third-order valence-corrected chi connectivity index (χ3v) is 3.94. The summed E-state index contributed by atoms with van der Waals surface area (Å²) in [6, 6.07) is 12.8. The normalized spacial score (nSPS) is 12.7. The minimum atomic E-state index is 0.257. The molecule has 1 aromatic carbocycles. The highest BCUT2D eigenvalue weighted by molar-refractivity contribution is 5.42. The summed E-state index contributed by atoms with van der Waals surface area (Å²) in [5, 5.41) is 19.0. The Hall–Kier alpha value is -2.54. The van der Waals surface area contributed by atoms with Crippen molar-refractivity contribution in [1.82, 2.24) is 30.2 Å². The molecular formula is C16H21N7. The second kappa shape index (κ2) is 6.70. The van der Waals surface area contributed by atoms with Crippen LogP contribution in [0.25, 0.3) is 5.65 Å². The third-order valence-electron chi connectivity index (χ3n) is 3.94. The fourth-order valence-corrected chi connectivity index (χ4v) is 2.52. The molecule has 2 aromatic heterocycles. The quantitative estimate of drug-likeness (QED) is 0.748. The number of likely N-dealkylation sites (N-methyl/N-ethyl adjacent to an activating group) is 1. The van der Waals surface area contributed by atoms with Crippen LogP contribution in [0.15, 0.2) is 36.4 Å². The van der Waals surface area contributed by atoms with Crippen molar-refractivity contribution in [2.75, 3.05) is 26.0 Å². The number of tetrazole rings is 1. The summed E-state index contributed by atoms with van der Waals surface area (Å²) in [6.07, 6.45) is 1.06. The molecule has 0 aliphatic rings. The maximum absolute atomic E-state index is 4.34. The van der Waals surface area contributed by atoms with Gasteiger partial charge in [0, 0.05) is 6.54 Å². The first-order valence-electron chi connectivity index (χ1n) is 7.72. The summed E-state index contributed by atoms with van der Waals surface area (Å²) in [6.45, 7) is 2.92. The van der Waals surface area contributed by atoms with E-state index in [1.54, 1.807) is 0 Å². The molecule has 1 N–H and O–H groups in total. The smallest absolute Gasteiger partial charge is 0.200 e. The molecule has 0 bridgehead atoms. The molecule has 0 radical (unpaired) electrons. The Kier molecular flexibility index (Phi) is 4.47. The van der Waals surface area contributed by atoms with Gasteiger partial charge in [0.1, 0.15) is 5.82 Å². The summed E-state index contributed by atoms with van der Waals surface area (Å²) in [7, 11) is 4.16. The second-order valence-electron chi connectivity index (χ2n) is 5.70. The van der Waals surface area contributed by atoms with Gasteiger partial charge in [0.2, 0.25) is 0 Å². The van der Waals surface area contributed by atoms with Crippen molar-refractivity contribution in [2.24, 2.45) is 0 Å². The lowest BCUT2D eigenvalue weighted by Crippen LogP contribution is -2.27. The molecule has 0 aliphatic heterocycles. The standard InChI is InChI=1S/C16H21N7/c1-4-12-5-7-13(8-6-12)14(22(2)3)11-17-15-9-10-16-18-20-21-23(16)19-15/h5-10,14H,4,11H2,1-3H3,(H,17,19)/t14-/m1/s1. The largest absolute Gasteiger partial charge is 0.367 e. The Morgan fingerprint density at radius 2 is 1.91 bits per heavy atom. The van der Waals surface area contributed by atoms with Gasteiger partial charge in [-0.15, -0.1) is 14.8 Å². The molecule has 0 unspecified atom stereocenters. The second-order valence-corrected chi connectivity index (χ2v) is 5.70. The highest BCUT2D eigenvalue weighted by atomic mass is 15.6. The van der Waals surface area contributed by atoms with Crippen LogP contribution in [0.4, 0.5) is 5.82 Å². The first-order valence-corrected chi connectivity index (χ1v) is 7.72. The predicted molar refractivity (Wildman–Crippen MR) is 89.3 cm³/mol. The molecule has 0 saturated heterocycles. The molecule has 3 aromatic rings. The van der Waals surface area contributed by atoms with E-state index in [0.717, 1.165) is 18.8 Å². The lowest BCUT2D eigenvalue weighted by Gasteiger charge is -2.25. The van der Waals surface area contributed by atoms with Gasteiger partial charge in [0.15, 0.2) is 5.65 Å². The van der Waals surface area contributed by atoms with E-state index < -0.39 is 0 Å². The lowest BCUT2D eigenvalue weighted by molar-refractivity contribution is 0.311. The number of hydrogen-bond acceptors (Lipinski definition) is 6. The molecule has 0 amide bonds. The number of nitrogens with one attached hydrogen (secondary N) is 1. The summed E-state index contributed by atoms with van der Waals surface area (Å²) in [5.74, 6) is 0.752. The maximum Gasteiger partial charge on any atom is 0.200 e. The Bertz CT molecular complexity index is 763. The lowest BCUT2D eigenvalue weighted by atomic mass is 10.0. The van der Waals surface area contributed by atoms with Crippen molar-refractivity contribution in [3.05, 3.63) is 47.5 Å². The molecule has 2 heterocycles. The minimum absolute atomic E-state index is 0.257. The van der Waals surface area contributed by atoms with Crippen LogP contribution in [0.2, 0.25) is 0 Å². The van der Waals surface area contributed by atoms with Crippen molar-refractivity contribution >= 4 is 11.5 Å². The van der Waals surface area contributed by atoms with Crippen LogP contribution in [0.1, 0.15) is 24.1 Å². The molecule has 0 saturated carbocycles. The monoisotopic (exact) mass is 311 g/mol. The number of fused-ring (bicyclic) bond motifs is 1. The fourth-order valence-electron chi connectivity index (χ4n) is 2.52. The Labute approximate surface area is 135 Å². The predicted octanol–water partition coefficient (Wildman–Crippen LogP) is 1.80. The minimum Gasteiger partial charge on any atom is -0.367 e. The number of rotatable bonds is 6. The summed E-state index contributed by atoms with van der Waals surface area (Å²) in [4.78, 5) is 2.20. The SMILES string of the molecule is CCc1ccc([C@@H](CNc2ccc3nnnn3n2)N(C)C)cc1. The van der Waals surface area contributed by atoms with E-state index in [1.165, 1.54) is 15.8 Å². The Morgan fingerprint density at radius 3 is 2.61 bits per heavy atom. The van der Waals surface area contributed by atoms with Crippen molar-refractivity contribution in [3.8, 4) is 0 Å². The van der Waals surface area contributed by atoms with Gasteiger partial charge in [-0.1, -0.05) is 31.2 Å². The van der Waals surface area contributed by atoms with Crippen LogP contribution in [0.3, 0.4) is 0 Å². The number of benzene rings is 1. The summed E-state index contributed by atoms with van der Waals surface area (Å²) >= 11 is 0. The van der Waals surface area contributed by atoms with E-state index in [1.807, 2.05) is 12.1 Å². The zero-order valence-corrected chi connectivity index (χ0v) is 13.6. The van der Waals surface area contributed by atoms with Crippen LogP contribution >= 0.6 is 0 Å². The first kappa shape index (κ1) is 15.4. The van der Waals surface area contributed by atoms with Crippen LogP contribution in [-0.2, 0) is 6.42 Å². The zero-order chi connectivity index (χ0) is 16.2. The van der Waals surface area contributed by atoms with Gasteiger partial charge in [-0.25, -0.2) is 0 Å². The van der Waals surface area contributed by atoms with Gasteiger partial charge < -0.3 is 10.2 Å². The van der Waals surface area contributed by atoms with E-state index in [4.69, 9.17) is 0 Å². The van der Waals surface area contributed by atoms with Crippen molar-refractivity contribution < 1.29 is 0 Å². The van der Waals surface area contributed by atoms with Gasteiger partial charge >= 0.3 is 0 Å².